The number of rotatable bonds is 7. The van der Waals surface area contributed by atoms with Gasteiger partial charge in [0.2, 0.25) is 0 Å². The normalized spacial score (nSPS) is 14.8. The molecule has 3 rings (SSSR count). The van der Waals surface area contributed by atoms with E-state index in [2.05, 4.69) is 52.8 Å². The van der Waals surface area contributed by atoms with Crippen LogP contribution in [0.1, 0.15) is 29.5 Å². The third-order valence-electron chi connectivity index (χ3n) is 3.83. The first-order chi connectivity index (χ1) is 10.2. The molecule has 1 heterocycles. The highest BCUT2D eigenvalue weighted by Crippen LogP contribution is 2.19. The minimum Gasteiger partial charge on any atom is -0.310 e. The lowest BCUT2D eigenvalue weighted by molar-refractivity contribution is 0.319. The fraction of sp³-hybridized carbons (Fsp3) is 0.471. The highest BCUT2D eigenvalue weighted by atomic mass is 15.2. The molecule has 4 heteroatoms. The van der Waals surface area contributed by atoms with Gasteiger partial charge < -0.3 is 5.32 Å². The van der Waals surface area contributed by atoms with E-state index in [1.54, 1.807) is 0 Å². The number of nitrogens with zero attached hydrogens (tertiary/aromatic N) is 3. The van der Waals surface area contributed by atoms with Gasteiger partial charge in [0.25, 0.3) is 0 Å². The molecule has 1 aromatic heterocycles. The van der Waals surface area contributed by atoms with Crippen molar-refractivity contribution in [3.63, 3.8) is 0 Å². The summed E-state index contributed by atoms with van der Waals surface area (Å²) in [4.78, 5) is 2.32. The lowest BCUT2D eigenvalue weighted by Crippen LogP contribution is -2.18. The molecule has 0 amide bonds. The quantitative estimate of drug-likeness (QED) is 0.847. The summed E-state index contributed by atoms with van der Waals surface area (Å²) in [5, 5.41) is 7.79. The van der Waals surface area contributed by atoms with Crippen LogP contribution in [0.5, 0.6) is 0 Å². The van der Waals surface area contributed by atoms with Crippen molar-refractivity contribution >= 4 is 0 Å². The van der Waals surface area contributed by atoms with Gasteiger partial charge in [-0.1, -0.05) is 24.3 Å². The molecule has 0 bridgehead atoms. The van der Waals surface area contributed by atoms with E-state index < -0.39 is 0 Å². The van der Waals surface area contributed by atoms with Crippen LogP contribution in [0.15, 0.2) is 36.7 Å². The minimum absolute atomic E-state index is 0.766. The molecule has 0 aliphatic heterocycles. The third kappa shape index (κ3) is 4.41. The van der Waals surface area contributed by atoms with E-state index in [1.807, 2.05) is 17.9 Å². The van der Waals surface area contributed by atoms with Gasteiger partial charge in [0, 0.05) is 44.5 Å². The van der Waals surface area contributed by atoms with Crippen molar-refractivity contribution in [1.29, 1.82) is 0 Å². The lowest BCUT2D eigenvalue weighted by Gasteiger charge is -2.16. The topological polar surface area (TPSA) is 33.1 Å². The van der Waals surface area contributed by atoms with Crippen molar-refractivity contribution in [1.82, 2.24) is 20.0 Å². The molecule has 1 saturated carbocycles. The monoisotopic (exact) mass is 284 g/mol. The standard InChI is InChI=1S/C17H24N4/c1-20(12-16-10-19-21(2)13-16)11-15-5-3-4-14(8-15)9-18-17-6-7-17/h3-5,8,10,13,17-18H,6-7,9,11-12H2,1-2H3. The average molecular weight is 284 g/mol. The summed E-state index contributed by atoms with van der Waals surface area (Å²) in [6, 6.07) is 9.66. The molecule has 112 valence electrons. The molecule has 1 N–H and O–H groups in total. The number of aryl methyl sites for hydroxylation is 1. The summed E-state index contributed by atoms with van der Waals surface area (Å²) in [6.07, 6.45) is 6.69. The van der Waals surface area contributed by atoms with Crippen LogP contribution in [0.4, 0.5) is 0 Å². The zero-order valence-corrected chi connectivity index (χ0v) is 12.9. The fourth-order valence-corrected chi connectivity index (χ4v) is 2.62. The van der Waals surface area contributed by atoms with Gasteiger partial charge in [-0.05, 0) is 31.0 Å². The Balaban J connectivity index is 1.54. The molecular weight excluding hydrogens is 260 g/mol. The predicted octanol–water partition coefficient (Wildman–Crippen LogP) is 2.30. The van der Waals surface area contributed by atoms with Gasteiger partial charge in [-0.25, -0.2) is 0 Å². The van der Waals surface area contributed by atoms with E-state index in [0.717, 1.165) is 25.7 Å². The van der Waals surface area contributed by atoms with Gasteiger partial charge in [0.05, 0.1) is 6.20 Å². The molecule has 2 aromatic rings. The van der Waals surface area contributed by atoms with E-state index in [0.29, 0.717) is 0 Å². The SMILES string of the molecule is CN(Cc1cccc(CNC2CC2)c1)Cc1cnn(C)c1. The average Bonchev–Trinajstić information content (AvgIpc) is 3.20. The number of hydrogen-bond donors (Lipinski definition) is 1. The maximum Gasteiger partial charge on any atom is 0.0534 e. The second-order valence-corrected chi connectivity index (χ2v) is 6.17. The molecule has 1 aromatic carbocycles. The second kappa shape index (κ2) is 6.41. The number of aromatic nitrogens is 2. The summed E-state index contributed by atoms with van der Waals surface area (Å²) < 4.78 is 1.85. The van der Waals surface area contributed by atoms with Gasteiger partial charge in [0.15, 0.2) is 0 Å². The molecule has 1 aliphatic carbocycles. The first kappa shape index (κ1) is 14.3. The van der Waals surface area contributed by atoms with Crippen LogP contribution in [-0.4, -0.2) is 27.8 Å². The van der Waals surface area contributed by atoms with Crippen LogP contribution < -0.4 is 5.32 Å². The summed E-state index contributed by atoms with van der Waals surface area (Å²) in [5.41, 5.74) is 4.01. The van der Waals surface area contributed by atoms with E-state index >= 15 is 0 Å². The van der Waals surface area contributed by atoms with E-state index in [9.17, 15) is 0 Å². The molecule has 21 heavy (non-hydrogen) atoms. The second-order valence-electron chi connectivity index (χ2n) is 6.17. The molecule has 0 spiro atoms. The molecule has 4 nitrogen and oxygen atoms in total. The van der Waals surface area contributed by atoms with Gasteiger partial charge in [-0.2, -0.15) is 5.10 Å². The van der Waals surface area contributed by atoms with E-state index in [-0.39, 0.29) is 0 Å². The zero-order valence-electron chi connectivity index (χ0n) is 12.9. The van der Waals surface area contributed by atoms with Crippen LogP contribution in [0.25, 0.3) is 0 Å². The smallest absolute Gasteiger partial charge is 0.0534 e. The zero-order chi connectivity index (χ0) is 14.7. The molecule has 1 aliphatic rings. The lowest BCUT2D eigenvalue weighted by atomic mass is 10.1. The molecule has 0 unspecified atom stereocenters. The minimum atomic E-state index is 0.766. The van der Waals surface area contributed by atoms with Crippen molar-refractivity contribution < 1.29 is 0 Å². The van der Waals surface area contributed by atoms with Crippen molar-refractivity contribution in [3.8, 4) is 0 Å². The van der Waals surface area contributed by atoms with Gasteiger partial charge in [-0.15, -0.1) is 0 Å². The van der Waals surface area contributed by atoms with Crippen LogP contribution in [0.2, 0.25) is 0 Å². The molecule has 0 atom stereocenters. The van der Waals surface area contributed by atoms with Gasteiger partial charge >= 0.3 is 0 Å². The first-order valence-electron chi connectivity index (χ1n) is 7.66. The first-order valence-corrected chi connectivity index (χ1v) is 7.66. The van der Waals surface area contributed by atoms with Crippen molar-refractivity contribution in [2.45, 2.75) is 38.5 Å². The third-order valence-corrected chi connectivity index (χ3v) is 3.83. The Hall–Kier alpha value is -1.65. The molecular formula is C17H24N4. The Morgan fingerprint density at radius 1 is 1.24 bits per heavy atom. The number of nitrogens with one attached hydrogen (secondary N) is 1. The molecule has 1 fully saturated rings. The van der Waals surface area contributed by atoms with Crippen molar-refractivity contribution in [3.05, 3.63) is 53.3 Å². The Bertz CT molecular complexity index is 586. The largest absolute Gasteiger partial charge is 0.310 e. The van der Waals surface area contributed by atoms with Crippen molar-refractivity contribution in [2.24, 2.45) is 7.05 Å². The van der Waals surface area contributed by atoms with Crippen LogP contribution in [0.3, 0.4) is 0 Å². The van der Waals surface area contributed by atoms with Gasteiger partial charge in [-0.3, -0.25) is 9.58 Å². The maximum atomic E-state index is 4.22. The molecule has 0 saturated heterocycles. The highest BCUT2D eigenvalue weighted by molar-refractivity contribution is 5.23. The summed E-state index contributed by atoms with van der Waals surface area (Å²) >= 11 is 0. The highest BCUT2D eigenvalue weighted by Gasteiger charge is 2.19. The summed E-state index contributed by atoms with van der Waals surface area (Å²) in [7, 11) is 4.11. The Kier molecular flexibility index (Phi) is 4.36. The predicted molar refractivity (Wildman–Crippen MR) is 84.7 cm³/mol. The van der Waals surface area contributed by atoms with Crippen LogP contribution in [-0.2, 0) is 26.7 Å². The Morgan fingerprint density at radius 2 is 2.00 bits per heavy atom. The Morgan fingerprint density at radius 3 is 2.71 bits per heavy atom. The fourth-order valence-electron chi connectivity index (χ4n) is 2.62. The van der Waals surface area contributed by atoms with E-state index in [4.69, 9.17) is 0 Å². The summed E-state index contributed by atoms with van der Waals surface area (Å²) in [6.45, 7) is 2.88. The van der Waals surface area contributed by atoms with Crippen LogP contribution >= 0.6 is 0 Å². The van der Waals surface area contributed by atoms with Crippen molar-refractivity contribution in [2.75, 3.05) is 7.05 Å². The number of benzene rings is 1. The number of hydrogen-bond acceptors (Lipinski definition) is 3. The maximum absolute atomic E-state index is 4.22. The Labute approximate surface area is 126 Å². The van der Waals surface area contributed by atoms with Gasteiger partial charge in [0.1, 0.15) is 0 Å². The summed E-state index contributed by atoms with van der Waals surface area (Å²) in [5.74, 6) is 0. The van der Waals surface area contributed by atoms with Crippen LogP contribution in [0, 0.1) is 0 Å². The molecule has 0 radical (unpaired) electrons. The van der Waals surface area contributed by atoms with E-state index in [1.165, 1.54) is 29.5 Å².